The zero-order valence-electron chi connectivity index (χ0n) is 31.2. The van der Waals surface area contributed by atoms with Gasteiger partial charge in [0.1, 0.15) is 0 Å². The van der Waals surface area contributed by atoms with Crippen LogP contribution in [0.4, 0.5) is 17.1 Å². The number of nitrogens with zero attached hydrogens (tertiary/aromatic N) is 5. The number of pyridine rings is 2. The quantitative estimate of drug-likeness (QED) is 0.102. The van der Waals surface area contributed by atoms with E-state index in [1.165, 1.54) is 28.7 Å². The van der Waals surface area contributed by atoms with Crippen molar-refractivity contribution in [1.29, 1.82) is 0 Å². The summed E-state index contributed by atoms with van der Waals surface area (Å²) in [5, 5.41) is 7.04. The van der Waals surface area contributed by atoms with Crippen LogP contribution in [0.25, 0.3) is 44.8 Å². The van der Waals surface area contributed by atoms with E-state index in [4.69, 9.17) is 0 Å². The van der Waals surface area contributed by atoms with Gasteiger partial charge in [-0.25, -0.2) is 0 Å². The Morgan fingerprint density at radius 2 is 0.786 bits per heavy atom. The molecule has 0 fully saturated rings. The zero-order chi connectivity index (χ0) is 39.4. The summed E-state index contributed by atoms with van der Waals surface area (Å²) in [5.74, 6) is 0. The first-order valence-electron chi connectivity index (χ1n) is 18.1. The predicted molar refractivity (Wildman–Crippen MR) is 244 cm³/mol. The van der Waals surface area contributed by atoms with Crippen LogP contribution in [-0.4, -0.2) is 25.5 Å². The molecule has 56 heavy (non-hydrogen) atoms. The average Bonchev–Trinajstić information content (AvgIpc) is 3.26. The van der Waals surface area contributed by atoms with E-state index >= 15 is 0 Å². The maximum Gasteiger partial charge on any atom is 0.0740 e. The third-order valence-corrected chi connectivity index (χ3v) is 8.93. The second-order valence-electron chi connectivity index (χ2n) is 12.4. The molecule has 0 saturated carbocycles. The first-order chi connectivity index (χ1) is 27.5. The molecule has 7 aromatic rings. The molecule has 5 nitrogen and oxygen atoms in total. The van der Waals surface area contributed by atoms with Crippen molar-refractivity contribution in [3.05, 3.63) is 175 Å². The monoisotopic (exact) mass is 781 g/mol. The number of aryl methyl sites for hydroxylation is 2. The summed E-state index contributed by atoms with van der Waals surface area (Å²) in [6.45, 7) is 4.36. The van der Waals surface area contributed by atoms with Gasteiger partial charge in [0.25, 0.3) is 0 Å². The van der Waals surface area contributed by atoms with Crippen LogP contribution in [0.1, 0.15) is 31.4 Å². The molecule has 2 aromatic heterocycles. The molecule has 0 unspecified atom stereocenters. The summed E-state index contributed by atoms with van der Waals surface area (Å²) < 4.78 is 0. The van der Waals surface area contributed by atoms with Crippen LogP contribution in [-0.2, 0) is 12.8 Å². The van der Waals surface area contributed by atoms with Gasteiger partial charge < -0.3 is 0 Å². The summed E-state index contributed by atoms with van der Waals surface area (Å²) in [6.07, 6.45) is 7.19. The van der Waals surface area contributed by atoms with Crippen molar-refractivity contribution in [1.82, 2.24) is 9.97 Å². The highest BCUT2D eigenvalue weighted by molar-refractivity contribution is 7.78. The molecule has 0 aliphatic rings. The number of benzene rings is 5. The second kappa shape index (κ2) is 22.2. The number of rotatable bonds is 10. The second-order valence-corrected chi connectivity index (χ2v) is 12.9. The lowest BCUT2D eigenvalue weighted by molar-refractivity contribution is 0.922. The number of hydrogen-bond acceptors (Lipinski definition) is 8. The predicted octanol–water partition coefficient (Wildman–Crippen LogP) is 14.2. The molecule has 0 saturated heterocycles. The van der Waals surface area contributed by atoms with Crippen molar-refractivity contribution < 1.29 is 0 Å². The Hall–Kier alpha value is -6.20. The molecule has 0 amide bonds. The van der Waals surface area contributed by atoms with Gasteiger partial charge >= 0.3 is 0 Å². The first-order valence-corrected chi connectivity index (χ1v) is 19.4. The van der Waals surface area contributed by atoms with Crippen molar-refractivity contribution in [2.75, 3.05) is 0 Å². The van der Waals surface area contributed by atoms with E-state index in [2.05, 4.69) is 152 Å². The Morgan fingerprint density at radius 1 is 0.411 bits per heavy atom. The van der Waals surface area contributed by atoms with Crippen LogP contribution < -0.4 is 0 Å². The summed E-state index contributed by atoms with van der Waals surface area (Å²) in [6, 6.07) is 50.8. The SMILES string of the molecule is CCCc1ccc(-c2ccc(-c3ccc(N=C=S)cc3)nc2)cc1.CCc1ccc(-c2ccc(-c3ccc(N=C=S)cc3)nc2)cc1.S=C=Nc1ccccc1. The fourth-order valence-electron chi connectivity index (χ4n) is 5.63. The van der Waals surface area contributed by atoms with E-state index in [1.54, 1.807) is 0 Å². The molecule has 0 aliphatic heterocycles. The molecular formula is C48H39N5S3. The van der Waals surface area contributed by atoms with Gasteiger partial charge in [-0.05, 0) is 120 Å². The molecule has 0 bridgehead atoms. The third-order valence-electron chi connectivity index (χ3n) is 8.65. The van der Waals surface area contributed by atoms with Crippen LogP contribution in [0.5, 0.6) is 0 Å². The number of hydrogen-bond donors (Lipinski definition) is 0. The number of isothiocyanates is 3. The van der Waals surface area contributed by atoms with Crippen LogP contribution in [0.15, 0.2) is 179 Å². The van der Waals surface area contributed by atoms with Crippen molar-refractivity contribution in [3.63, 3.8) is 0 Å². The first kappa shape index (κ1) is 41.0. The van der Waals surface area contributed by atoms with E-state index in [0.717, 1.165) is 63.5 Å². The lowest BCUT2D eigenvalue weighted by Crippen LogP contribution is -1.86. The van der Waals surface area contributed by atoms with Crippen molar-refractivity contribution in [2.45, 2.75) is 33.1 Å². The highest BCUT2D eigenvalue weighted by Crippen LogP contribution is 2.26. The Morgan fingerprint density at radius 3 is 1.14 bits per heavy atom. The Balaban J connectivity index is 0.000000176. The molecule has 8 heteroatoms. The van der Waals surface area contributed by atoms with E-state index in [-0.39, 0.29) is 0 Å². The molecular weight excluding hydrogens is 743 g/mol. The van der Waals surface area contributed by atoms with Crippen LogP contribution in [0, 0.1) is 0 Å². The lowest BCUT2D eigenvalue weighted by Gasteiger charge is -2.06. The molecule has 5 aromatic carbocycles. The molecule has 0 atom stereocenters. The number of thiocarbonyl (C=S) groups is 3. The normalized spacial score (nSPS) is 9.82. The molecule has 0 spiro atoms. The molecule has 7 rings (SSSR count). The molecule has 0 aliphatic carbocycles. The maximum atomic E-state index is 4.61. The highest BCUT2D eigenvalue weighted by atomic mass is 32.1. The summed E-state index contributed by atoms with van der Waals surface area (Å²) >= 11 is 13.6. The highest BCUT2D eigenvalue weighted by Gasteiger charge is 2.04. The summed E-state index contributed by atoms with van der Waals surface area (Å²) in [5.41, 5.74) is 13.8. The third kappa shape index (κ3) is 12.4. The van der Waals surface area contributed by atoms with Crippen LogP contribution >= 0.6 is 36.7 Å². The minimum Gasteiger partial charge on any atom is -0.256 e. The summed E-state index contributed by atoms with van der Waals surface area (Å²) in [4.78, 5) is 20.9. The smallest absolute Gasteiger partial charge is 0.0740 e. The van der Waals surface area contributed by atoms with Gasteiger partial charge in [-0.2, -0.15) is 15.0 Å². The maximum absolute atomic E-state index is 4.61. The van der Waals surface area contributed by atoms with Gasteiger partial charge in [0, 0.05) is 34.6 Å². The Kier molecular flexibility index (Phi) is 16.3. The standard InChI is InChI=1S/C21H18N2S.C20H16N2S.C7H5NS/c1-2-3-16-4-6-17(7-5-16)19-10-13-21(22-14-19)18-8-11-20(12-9-18)23-15-24;1-2-15-3-5-16(6-4-15)18-9-12-20(21-13-18)17-7-10-19(11-8-17)22-14-23;9-6-8-7-4-2-1-3-5-7/h4-14H,2-3H2,1H3;3-13H,2H2,1H3;1-5H. The van der Waals surface area contributed by atoms with Gasteiger partial charge in [0.05, 0.1) is 43.9 Å². The van der Waals surface area contributed by atoms with Gasteiger partial charge in [-0.3, -0.25) is 9.97 Å². The zero-order valence-corrected chi connectivity index (χ0v) is 33.6. The lowest BCUT2D eigenvalue weighted by atomic mass is 10.0. The largest absolute Gasteiger partial charge is 0.256 e. The van der Waals surface area contributed by atoms with E-state index in [0.29, 0.717) is 0 Å². The summed E-state index contributed by atoms with van der Waals surface area (Å²) in [7, 11) is 0. The van der Waals surface area contributed by atoms with Gasteiger partial charge in [0.15, 0.2) is 0 Å². The van der Waals surface area contributed by atoms with Crippen molar-refractivity contribution >= 4 is 69.2 Å². The van der Waals surface area contributed by atoms with Gasteiger partial charge in [0.2, 0.25) is 0 Å². The fraction of sp³-hybridized carbons (Fsp3) is 0.104. The average molecular weight is 782 g/mol. The van der Waals surface area contributed by atoms with E-state index in [9.17, 15) is 0 Å². The Bertz CT molecular complexity index is 2410. The molecule has 0 radical (unpaired) electrons. The van der Waals surface area contributed by atoms with Gasteiger partial charge in [-0.1, -0.05) is 123 Å². The topological polar surface area (TPSA) is 62.9 Å². The molecule has 274 valence electrons. The number of aromatic nitrogens is 2. The minimum atomic E-state index is 0.802. The Labute approximate surface area is 345 Å². The number of aliphatic imine (C=N–C) groups is 3. The van der Waals surface area contributed by atoms with Crippen LogP contribution in [0.2, 0.25) is 0 Å². The van der Waals surface area contributed by atoms with E-state index < -0.39 is 0 Å². The molecule has 0 N–H and O–H groups in total. The molecule has 2 heterocycles. The number of para-hydroxylation sites is 1. The fourth-order valence-corrected chi connectivity index (χ4v) is 5.95. The van der Waals surface area contributed by atoms with E-state index in [1.807, 2.05) is 103 Å². The van der Waals surface area contributed by atoms with Gasteiger partial charge in [-0.15, -0.1) is 0 Å². The van der Waals surface area contributed by atoms with Crippen molar-refractivity contribution in [2.24, 2.45) is 15.0 Å². The minimum absolute atomic E-state index is 0.802. The van der Waals surface area contributed by atoms with Crippen molar-refractivity contribution in [3.8, 4) is 44.8 Å². The van der Waals surface area contributed by atoms with Crippen LogP contribution in [0.3, 0.4) is 0 Å².